The predicted octanol–water partition coefficient (Wildman–Crippen LogP) is 2.99. The average Bonchev–Trinajstić information content (AvgIpc) is 2.91. The fourth-order valence-electron chi connectivity index (χ4n) is 3.93. The van der Waals surface area contributed by atoms with Crippen molar-refractivity contribution in [1.82, 2.24) is 9.80 Å². The standard InChI is InChI=1S/C19H28N2O3/c1-15(22)21(17-4-2-5-17)18-6-3-11-20(12-9-18)19(23)8-7-16-10-13-24-14-16/h10,13-14,17-18H,2-9,11-12H2,1H3/t18-/m0/s1. The van der Waals surface area contributed by atoms with Gasteiger partial charge in [-0.25, -0.2) is 0 Å². The molecular formula is C19H28N2O3. The van der Waals surface area contributed by atoms with Crippen LogP contribution in [0.1, 0.15) is 57.4 Å². The SMILES string of the molecule is CC(=O)N(C1CCC1)[C@H]1CCCN(C(=O)CCc2ccoc2)CC1. The molecule has 1 aliphatic carbocycles. The molecule has 1 aliphatic heterocycles. The quantitative estimate of drug-likeness (QED) is 0.833. The van der Waals surface area contributed by atoms with Gasteiger partial charge in [0.2, 0.25) is 11.8 Å². The Balaban J connectivity index is 1.52. The lowest BCUT2D eigenvalue weighted by Gasteiger charge is -2.42. The zero-order chi connectivity index (χ0) is 16.9. The Bertz CT molecular complexity index is 551. The monoisotopic (exact) mass is 332 g/mol. The summed E-state index contributed by atoms with van der Waals surface area (Å²) in [5.74, 6) is 0.416. The molecule has 1 saturated heterocycles. The molecule has 2 aliphatic rings. The molecule has 1 atom stereocenters. The zero-order valence-corrected chi connectivity index (χ0v) is 14.6. The number of amides is 2. The summed E-state index contributed by atoms with van der Waals surface area (Å²) in [5.41, 5.74) is 1.07. The summed E-state index contributed by atoms with van der Waals surface area (Å²) in [6.45, 7) is 3.28. The van der Waals surface area contributed by atoms with Crippen molar-refractivity contribution < 1.29 is 14.0 Å². The molecular weight excluding hydrogens is 304 g/mol. The molecule has 0 bridgehead atoms. The lowest BCUT2D eigenvalue weighted by atomic mass is 9.89. The van der Waals surface area contributed by atoms with Gasteiger partial charge in [-0.1, -0.05) is 0 Å². The maximum atomic E-state index is 12.5. The average molecular weight is 332 g/mol. The molecule has 2 fully saturated rings. The predicted molar refractivity (Wildman–Crippen MR) is 91.4 cm³/mol. The Morgan fingerprint density at radius 3 is 2.54 bits per heavy atom. The molecule has 5 heteroatoms. The second kappa shape index (κ2) is 7.86. The van der Waals surface area contributed by atoms with E-state index >= 15 is 0 Å². The number of likely N-dealkylation sites (tertiary alicyclic amines) is 1. The van der Waals surface area contributed by atoms with Gasteiger partial charge in [0.25, 0.3) is 0 Å². The van der Waals surface area contributed by atoms with E-state index in [9.17, 15) is 9.59 Å². The van der Waals surface area contributed by atoms with E-state index in [2.05, 4.69) is 4.90 Å². The normalized spacial score (nSPS) is 21.9. The molecule has 3 rings (SSSR count). The van der Waals surface area contributed by atoms with E-state index in [1.165, 1.54) is 6.42 Å². The van der Waals surface area contributed by atoms with Gasteiger partial charge in [-0.05, 0) is 56.6 Å². The van der Waals surface area contributed by atoms with Crippen molar-refractivity contribution in [3.63, 3.8) is 0 Å². The van der Waals surface area contributed by atoms with Crippen LogP contribution in [0.5, 0.6) is 0 Å². The van der Waals surface area contributed by atoms with Crippen LogP contribution < -0.4 is 0 Å². The first kappa shape index (κ1) is 17.1. The van der Waals surface area contributed by atoms with E-state index in [1.807, 2.05) is 11.0 Å². The highest BCUT2D eigenvalue weighted by Gasteiger charge is 2.33. The third-order valence-electron chi connectivity index (χ3n) is 5.48. The number of rotatable bonds is 5. The van der Waals surface area contributed by atoms with E-state index < -0.39 is 0 Å². The first-order valence-corrected chi connectivity index (χ1v) is 9.23. The largest absolute Gasteiger partial charge is 0.472 e. The molecule has 2 heterocycles. The third-order valence-corrected chi connectivity index (χ3v) is 5.48. The number of carbonyl (C=O) groups excluding carboxylic acids is 2. The molecule has 0 N–H and O–H groups in total. The second-order valence-electron chi connectivity index (χ2n) is 7.11. The van der Waals surface area contributed by atoms with Gasteiger partial charge in [0.15, 0.2) is 0 Å². The van der Waals surface area contributed by atoms with Crippen molar-refractivity contribution in [3.8, 4) is 0 Å². The first-order valence-electron chi connectivity index (χ1n) is 9.23. The van der Waals surface area contributed by atoms with Crippen molar-refractivity contribution in [1.29, 1.82) is 0 Å². The minimum atomic E-state index is 0.199. The Hall–Kier alpha value is -1.78. The van der Waals surface area contributed by atoms with Crippen LogP contribution in [0.15, 0.2) is 23.0 Å². The van der Waals surface area contributed by atoms with Crippen molar-refractivity contribution in [2.45, 2.75) is 70.4 Å². The number of hydrogen-bond acceptors (Lipinski definition) is 3. The van der Waals surface area contributed by atoms with Gasteiger partial charge in [-0.15, -0.1) is 0 Å². The van der Waals surface area contributed by atoms with E-state index in [4.69, 9.17) is 4.42 Å². The number of furan rings is 1. The van der Waals surface area contributed by atoms with E-state index in [0.717, 1.165) is 57.2 Å². The molecule has 0 aromatic carbocycles. The highest BCUT2D eigenvalue weighted by atomic mass is 16.3. The molecule has 1 aromatic heterocycles. The summed E-state index contributed by atoms with van der Waals surface area (Å²) in [6, 6.07) is 2.66. The van der Waals surface area contributed by atoms with Crippen molar-refractivity contribution >= 4 is 11.8 Å². The van der Waals surface area contributed by atoms with Gasteiger partial charge < -0.3 is 14.2 Å². The smallest absolute Gasteiger partial charge is 0.222 e. The number of nitrogens with zero attached hydrogens (tertiary/aromatic N) is 2. The number of carbonyl (C=O) groups is 2. The van der Waals surface area contributed by atoms with Gasteiger partial charge in [-0.2, -0.15) is 0 Å². The Morgan fingerprint density at radius 1 is 1.17 bits per heavy atom. The molecule has 0 radical (unpaired) electrons. The maximum Gasteiger partial charge on any atom is 0.222 e. The highest BCUT2D eigenvalue weighted by molar-refractivity contribution is 5.76. The molecule has 2 amide bonds. The Kier molecular flexibility index (Phi) is 5.59. The first-order chi connectivity index (χ1) is 11.6. The molecule has 24 heavy (non-hydrogen) atoms. The van der Waals surface area contributed by atoms with E-state index in [-0.39, 0.29) is 11.8 Å². The van der Waals surface area contributed by atoms with Crippen LogP contribution in [0.4, 0.5) is 0 Å². The minimum Gasteiger partial charge on any atom is -0.472 e. The van der Waals surface area contributed by atoms with Crippen LogP contribution in [0.25, 0.3) is 0 Å². The van der Waals surface area contributed by atoms with Gasteiger partial charge in [0.05, 0.1) is 12.5 Å². The van der Waals surface area contributed by atoms with Crippen molar-refractivity contribution in [3.05, 3.63) is 24.2 Å². The van der Waals surface area contributed by atoms with Crippen LogP contribution in [0.2, 0.25) is 0 Å². The second-order valence-corrected chi connectivity index (χ2v) is 7.11. The topological polar surface area (TPSA) is 53.8 Å². The minimum absolute atomic E-state index is 0.199. The van der Waals surface area contributed by atoms with Gasteiger partial charge >= 0.3 is 0 Å². The highest BCUT2D eigenvalue weighted by Crippen LogP contribution is 2.30. The van der Waals surface area contributed by atoms with Gasteiger partial charge in [-0.3, -0.25) is 9.59 Å². The third kappa shape index (κ3) is 4.00. The van der Waals surface area contributed by atoms with Gasteiger partial charge in [0.1, 0.15) is 0 Å². The fourth-order valence-corrected chi connectivity index (χ4v) is 3.93. The van der Waals surface area contributed by atoms with E-state index in [0.29, 0.717) is 18.5 Å². The molecule has 0 spiro atoms. The summed E-state index contributed by atoms with van der Waals surface area (Å²) in [5, 5.41) is 0. The zero-order valence-electron chi connectivity index (χ0n) is 14.6. The summed E-state index contributed by atoms with van der Waals surface area (Å²) in [6.07, 6.45) is 11.0. The molecule has 1 aromatic rings. The fraction of sp³-hybridized carbons (Fsp3) is 0.684. The van der Waals surface area contributed by atoms with Crippen LogP contribution in [0, 0.1) is 0 Å². The summed E-state index contributed by atoms with van der Waals surface area (Å²) in [4.78, 5) is 28.6. The van der Waals surface area contributed by atoms with Crippen LogP contribution in [-0.2, 0) is 16.0 Å². The van der Waals surface area contributed by atoms with Crippen LogP contribution >= 0.6 is 0 Å². The summed E-state index contributed by atoms with van der Waals surface area (Å²) in [7, 11) is 0. The lowest BCUT2D eigenvalue weighted by molar-refractivity contribution is -0.136. The Morgan fingerprint density at radius 2 is 1.92 bits per heavy atom. The summed E-state index contributed by atoms with van der Waals surface area (Å²) >= 11 is 0. The lowest BCUT2D eigenvalue weighted by Crippen LogP contribution is -2.49. The van der Waals surface area contributed by atoms with Crippen molar-refractivity contribution in [2.75, 3.05) is 13.1 Å². The van der Waals surface area contributed by atoms with Gasteiger partial charge in [0, 0.05) is 38.5 Å². The number of aryl methyl sites for hydroxylation is 1. The number of hydrogen-bond donors (Lipinski definition) is 0. The molecule has 132 valence electrons. The van der Waals surface area contributed by atoms with E-state index in [1.54, 1.807) is 19.5 Å². The Labute approximate surface area is 144 Å². The molecule has 0 unspecified atom stereocenters. The summed E-state index contributed by atoms with van der Waals surface area (Å²) < 4.78 is 5.05. The molecule has 5 nitrogen and oxygen atoms in total. The van der Waals surface area contributed by atoms with Crippen LogP contribution in [-0.4, -0.2) is 46.8 Å². The van der Waals surface area contributed by atoms with Crippen molar-refractivity contribution in [2.24, 2.45) is 0 Å². The molecule has 1 saturated carbocycles. The maximum absolute atomic E-state index is 12.5. The van der Waals surface area contributed by atoms with Crippen LogP contribution in [0.3, 0.4) is 0 Å².